The molecule has 15 heavy (non-hydrogen) atoms. The number of aromatic nitrogens is 2. The monoisotopic (exact) mass is 224 g/mol. The minimum Gasteiger partial charge on any atom is -0.463 e. The maximum absolute atomic E-state index is 11.4. The standard InChI is InChI=1S/C10H9ClN2O2/c1-13-8-6(11)4-3-5-7(8)12-9(13)10(14)15-2/h3-5H,1-2H3. The summed E-state index contributed by atoms with van der Waals surface area (Å²) in [5.74, 6) is -0.217. The van der Waals surface area contributed by atoms with Crippen molar-refractivity contribution in [1.29, 1.82) is 0 Å². The van der Waals surface area contributed by atoms with Gasteiger partial charge in [0.15, 0.2) is 0 Å². The average Bonchev–Trinajstić information content (AvgIpc) is 2.56. The number of rotatable bonds is 1. The molecule has 0 fully saturated rings. The Labute approximate surface area is 91.4 Å². The van der Waals surface area contributed by atoms with Crippen molar-refractivity contribution in [2.24, 2.45) is 7.05 Å². The number of imidazole rings is 1. The lowest BCUT2D eigenvalue weighted by molar-refractivity contribution is 0.0583. The SMILES string of the molecule is COC(=O)c1nc2cccc(Cl)c2n1C. The van der Waals surface area contributed by atoms with E-state index in [1.165, 1.54) is 7.11 Å². The van der Waals surface area contributed by atoms with Crippen LogP contribution in [0.2, 0.25) is 5.02 Å². The number of aryl methyl sites for hydroxylation is 1. The topological polar surface area (TPSA) is 44.1 Å². The molecule has 1 aromatic carbocycles. The van der Waals surface area contributed by atoms with Gasteiger partial charge in [0.25, 0.3) is 0 Å². The fraction of sp³-hybridized carbons (Fsp3) is 0.200. The van der Waals surface area contributed by atoms with Crippen LogP contribution in [0.3, 0.4) is 0 Å². The highest BCUT2D eigenvalue weighted by Gasteiger charge is 2.16. The molecule has 1 heterocycles. The minimum absolute atomic E-state index is 0.251. The number of benzene rings is 1. The van der Waals surface area contributed by atoms with Crippen molar-refractivity contribution in [3.05, 3.63) is 29.0 Å². The quantitative estimate of drug-likeness (QED) is 0.696. The van der Waals surface area contributed by atoms with Gasteiger partial charge in [0.2, 0.25) is 5.82 Å². The molecule has 0 aliphatic rings. The first kappa shape index (κ1) is 9.98. The number of esters is 1. The molecule has 0 amide bonds. The zero-order valence-electron chi connectivity index (χ0n) is 8.32. The van der Waals surface area contributed by atoms with E-state index in [2.05, 4.69) is 9.72 Å². The van der Waals surface area contributed by atoms with E-state index in [0.717, 1.165) is 5.52 Å². The number of para-hydroxylation sites is 1. The number of carbonyl (C=O) groups is 1. The van der Waals surface area contributed by atoms with Crippen molar-refractivity contribution >= 4 is 28.6 Å². The van der Waals surface area contributed by atoms with Crippen molar-refractivity contribution in [2.45, 2.75) is 0 Å². The molecule has 0 saturated carbocycles. The molecule has 1 aromatic heterocycles. The largest absolute Gasteiger partial charge is 0.463 e. The van der Waals surface area contributed by atoms with Crippen LogP contribution in [-0.2, 0) is 11.8 Å². The predicted molar refractivity (Wildman–Crippen MR) is 57.1 cm³/mol. The summed E-state index contributed by atoms with van der Waals surface area (Å²) < 4.78 is 6.25. The fourth-order valence-corrected chi connectivity index (χ4v) is 1.79. The van der Waals surface area contributed by atoms with Crippen LogP contribution in [0.25, 0.3) is 11.0 Å². The molecular formula is C10H9ClN2O2. The lowest BCUT2D eigenvalue weighted by Crippen LogP contribution is -2.08. The van der Waals surface area contributed by atoms with Gasteiger partial charge in [-0.3, -0.25) is 0 Å². The summed E-state index contributed by atoms with van der Waals surface area (Å²) in [6.07, 6.45) is 0. The maximum Gasteiger partial charge on any atom is 0.374 e. The van der Waals surface area contributed by atoms with Crippen LogP contribution < -0.4 is 0 Å². The van der Waals surface area contributed by atoms with Gasteiger partial charge >= 0.3 is 5.97 Å². The molecule has 2 rings (SSSR count). The molecule has 78 valence electrons. The van der Waals surface area contributed by atoms with Crippen LogP contribution in [0.15, 0.2) is 18.2 Å². The lowest BCUT2D eigenvalue weighted by atomic mass is 10.3. The van der Waals surface area contributed by atoms with E-state index in [9.17, 15) is 4.79 Å². The zero-order chi connectivity index (χ0) is 11.0. The van der Waals surface area contributed by atoms with E-state index >= 15 is 0 Å². The molecule has 2 aromatic rings. The fourth-order valence-electron chi connectivity index (χ4n) is 1.50. The zero-order valence-corrected chi connectivity index (χ0v) is 9.08. The first-order valence-corrected chi connectivity index (χ1v) is 4.72. The number of hydrogen-bond acceptors (Lipinski definition) is 3. The molecule has 0 aliphatic carbocycles. The first-order chi connectivity index (χ1) is 7.15. The van der Waals surface area contributed by atoms with Crippen molar-refractivity contribution < 1.29 is 9.53 Å². The lowest BCUT2D eigenvalue weighted by Gasteiger charge is -2.00. The second kappa shape index (κ2) is 3.55. The Morgan fingerprint density at radius 2 is 2.27 bits per heavy atom. The van der Waals surface area contributed by atoms with Gasteiger partial charge in [0.1, 0.15) is 0 Å². The number of halogens is 1. The Balaban J connectivity index is 2.75. The van der Waals surface area contributed by atoms with Crippen LogP contribution >= 0.6 is 11.6 Å². The summed E-state index contributed by atoms with van der Waals surface area (Å²) >= 11 is 6.01. The highest BCUT2D eigenvalue weighted by Crippen LogP contribution is 2.23. The number of nitrogens with zero attached hydrogens (tertiary/aromatic N) is 2. The van der Waals surface area contributed by atoms with Crippen molar-refractivity contribution in [3.8, 4) is 0 Å². The van der Waals surface area contributed by atoms with Crippen LogP contribution in [0.4, 0.5) is 0 Å². The maximum atomic E-state index is 11.4. The van der Waals surface area contributed by atoms with Gasteiger partial charge < -0.3 is 9.30 Å². The molecule has 0 spiro atoms. The third-order valence-electron chi connectivity index (χ3n) is 2.21. The summed E-state index contributed by atoms with van der Waals surface area (Å²) in [5, 5.41) is 0.567. The Bertz CT molecular complexity index is 533. The van der Waals surface area contributed by atoms with Gasteiger partial charge in [-0.25, -0.2) is 9.78 Å². The molecule has 5 heteroatoms. The molecule has 0 N–H and O–H groups in total. The highest BCUT2D eigenvalue weighted by atomic mass is 35.5. The average molecular weight is 225 g/mol. The van der Waals surface area contributed by atoms with Crippen molar-refractivity contribution in [1.82, 2.24) is 9.55 Å². The number of hydrogen-bond donors (Lipinski definition) is 0. The van der Waals surface area contributed by atoms with Gasteiger partial charge in [-0.2, -0.15) is 0 Å². The summed E-state index contributed by atoms with van der Waals surface area (Å²) in [6.45, 7) is 0. The normalized spacial score (nSPS) is 10.6. The second-order valence-corrected chi connectivity index (χ2v) is 3.50. The summed E-state index contributed by atoms with van der Waals surface area (Å²) in [6, 6.07) is 5.35. The number of ether oxygens (including phenoxy) is 1. The molecule has 0 radical (unpaired) electrons. The number of carbonyl (C=O) groups excluding carboxylic acids is 1. The Morgan fingerprint density at radius 3 is 2.87 bits per heavy atom. The van der Waals surface area contributed by atoms with Crippen LogP contribution in [0.5, 0.6) is 0 Å². The van der Waals surface area contributed by atoms with Gasteiger partial charge in [-0.15, -0.1) is 0 Å². The van der Waals surface area contributed by atoms with E-state index < -0.39 is 5.97 Å². The molecule has 0 saturated heterocycles. The van der Waals surface area contributed by atoms with Gasteiger partial charge in [-0.05, 0) is 12.1 Å². The molecule has 4 nitrogen and oxygen atoms in total. The third-order valence-corrected chi connectivity index (χ3v) is 2.52. The Kier molecular flexibility index (Phi) is 2.36. The Hall–Kier alpha value is -1.55. The Morgan fingerprint density at radius 1 is 1.53 bits per heavy atom. The summed E-state index contributed by atoms with van der Waals surface area (Å²) in [4.78, 5) is 15.5. The summed E-state index contributed by atoms with van der Waals surface area (Å²) in [5.41, 5.74) is 1.42. The first-order valence-electron chi connectivity index (χ1n) is 4.34. The van der Waals surface area contributed by atoms with Gasteiger partial charge in [0.05, 0.1) is 23.2 Å². The molecular weight excluding hydrogens is 216 g/mol. The minimum atomic E-state index is -0.468. The van der Waals surface area contributed by atoms with Crippen LogP contribution in [-0.4, -0.2) is 22.6 Å². The number of fused-ring (bicyclic) bond motifs is 1. The van der Waals surface area contributed by atoms with Gasteiger partial charge in [0, 0.05) is 7.05 Å². The molecule has 0 aliphatic heterocycles. The van der Waals surface area contributed by atoms with E-state index in [1.54, 1.807) is 29.8 Å². The highest BCUT2D eigenvalue weighted by molar-refractivity contribution is 6.35. The molecule has 0 bridgehead atoms. The predicted octanol–water partition coefficient (Wildman–Crippen LogP) is 2.01. The summed E-state index contributed by atoms with van der Waals surface area (Å²) in [7, 11) is 3.05. The molecule has 0 atom stereocenters. The smallest absolute Gasteiger partial charge is 0.374 e. The van der Waals surface area contributed by atoms with Gasteiger partial charge in [-0.1, -0.05) is 17.7 Å². The van der Waals surface area contributed by atoms with E-state index in [4.69, 9.17) is 11.6 Å². The van der Waals surface area contributed by atoms with E-state index in [-0.39, 0.29) is 5.82 Å². The molecule has 0 unspecified atom stereocenters. The second-order valence-electron chi connectivity index (χ2n) is 3.09. The van der Waals surface area contributed by atoms with E-state index in [0.29, 0.717) is 10.5 Å². The number of methoxy groups -OCH3 is 1. The van der Waals surface area contributed by atoms with E-state index in [1.807, 2.05) is 0 Å². The van der Waals surface area contributed by atoms with Crippen molar-refractivity contribution in [2.75, 3.05) is 7.11 Å². The van der Waals surface area contributed by atoms with Crippen LogP contribution in [0.1, 0.15) is 10.6 Å². The van der Waals surface area contributed by atoms with Crippen molar-refractivity contribution in [3.63, 3.8) is 0 Å². The van der Waals surface area contributed by atoms with Crippen LogP contribution in [0, 0.1) is 0 Å². The third kappa shape index (κ3) is 1.47.